The van der Waals surface area contributed by atoms with Gasteiger partial charge in [0.15, 0.2) is 5.65 Å². The number of aromatic amines is 1. The van der Waals surface area contributed by atoms with Crippen molar-refractivity contribution in [2.24, 2.45) is 5.92 Å². The normalized spacial score (nSPS) is 12.4. The molecule has 0 aliphatic rings. The molecule has 2 heterocycles. The summed E-state index contributed by atoms with van der Waals surface area (Å²) < 4.78 is 0. The quantitative estimate of drug-likeness (QED) is 0.886. The molecule has 120 valence electrons. The monoisotopic (exact) mass is 302 g/mol. The molecule has 0 aliphatic carbocycles. The van der Waals surface area contributed by atoms with E-state index in [1.165, 1.54) is 0 Å². The van der Waals surface area contributed by atoms with Crippen LogP contribution in [0.1, 0.15) is 69.9 Å². The van der Waals surface area contributed by atoms with Crippen molar-refractivity contribution in [1.29, 1.82) is 0 Å². The summed E-state index contributed by atoms with van der Waals surface area (Å²) in [6.07, 6.45) is 4.37. The van der Waals surface area contributed by atoms with Gasteiger partial charge in [-0.05, 0) is 32.1 Å². The molecule has 0 fully saturated rings. The van der Waals surface area contributed by atoms with Crippen molar-refractivity contribution < 1.29 is 4.79 Å². The fourth-order valence-electron chi connectivity index (χ4n) is 2.80. The molecular formula is C17H26N4O. The molecule has 2 rings (SSSR count). The van der Waals surface area contributed by atoms with Crippen LogP contribution in [0.4, 0.5) is 0 Å². The highest BCUT2D eigenvalue weighted by atomic mass is 16.1. The number of hydrogen-bond acceptors (Lipinski definition) is 3. The lowest BCUT2D eigenvalue weighted by Gasteiger charge is -2.28. The SMILES string of the molecule is CC(C)CC(C)(C)NC(=O)c1c[nH]c2ncc(C(C)C)nc12. The van der Waals surface area contributed by atoms with Crippen LogP contribution in [0.5, 0.6) is 0 Å². The van der Waals surface area contributed by atoms with Crippen molar-refractivity contribution in [3.05, 3.63) is 23.7 Å². The number of hydrogen-bond donors (Lipinski definition) is 2. The van der Waals surface area contributed by atoms with E-state index in [0.29, 0.717) is 22.6 Å². The Balaban J connectivity index is 2.30. The number of carbonyl (C=O) groups excluding carboxylic acids is 1. The smallest absolute Gasteiger partial charge is 0.255 e. The van der Waals surface area contributed by atoms with Crippen LogP contribution in [0.25, 0.3) is 11.2 Å². The van der Waals surface area contributed by atoms with Gasteiger partial charge >= 0.3 is 0 Å². The number of amides is 1. The number of rotatable bonds is 5. The molecule has 0 aliphatic heterocycles. The molecule has 5 nitrogen and oxygen atoms in total. The molecule has 22 heavy (non-hydrogen) atoms. The highest BCUT2D eigenvalue weighted by Crippen LogP contribution is 2.20. The summed E-state index contributed by atoms with van der Waals surface area (Å²) in [6.45, 7) is 12.5. The van der Waals surface area contributed by atoms with Crippen molar-refractivity contribution in [2.75, 3.05) is 0 Å². The predicted octanol–water partition coefficient (Wildman–Crippen LogP) is 3.64. The minimum atomic E-state index is -0.252. The maximum absolute atomic E-state index is 12.6. The molecule has 0 unspecified atom stereocenters. The standard InChI is InChI=1S/C17H26N4O/c1-10(2)7-17(5,6)21-16(22)12-8-18-15-14(12)20-13(9-19-15)11(3)4/h8-11H,7H2,1-6H3,(H,18,19)(H,21,22). The Hall–Kier alpha value is -1.91. The molecule has 0 saturated heterocycles. The van der Waals surface area contributed by atoms with Crippen LogP contribution in [-0.2, 0) is 0 Å². The minimum absolute atomic E-state index is 0.105. The summed E-state index contributed by atoms with van der Waals surface area (Å²) in [5.41, 5.74) is 2.49. The lowest BCUT2D eigenvalue weighted by molar-refractivity contribution is 0.0905. The minimum Gasteiger partial charge on any atom is -0.347 e. The van der Waals surface area contributed by atoms with Gasteiger partial charge in [0.1, 0.15) is 5.52 Å². The molecule has 0 aromatic carbocycles. The van der Waals surface area contributed by atoms with E-state index >= 15 is 0 Å². The van der Waals surface area contributed by atoms with E-state index in [2.05, 4.69) is 48.0 Å². The van der Waals surface area contributed by atoms with E-state index < -0.39 is 0 Å². The van der Waals surface area contributed by atoms with Gasteiger partial charge in [0.2, 0.25) is 0 Å². The summed E-state index contributed by atoms with van der Waals surface area (Å²) >= 11 is 0. The number of aromatic nitrogens is 3. The first kappa shape index (κ1) is 16.5. The zero-order valence-electron chi connectivity index (χ0n) is 14.3. The van der Waals surface area contributed by atoms with Gasteiger partial charge in [0.25, 0.3) is 5.91 Å². The first-order valence-corrected chi connectivity index (χ1v) is 7.86. The Labute approximate surface area is 131 Å². The zero-order chi connectivity index (χ0) is 16.5. The van der Waals surface area contributed by atoms with Crippen LogP contribution < -0.4 is 5.32 Å². The number of nitrogens with zero attached hydrogens (tertiary/aromatic N) is 2. The maximum atomic E-state index is 12.6. The van der Waals surface area contributed by atoms with Crippen LogP contribution in [0.2, 0.25) is 0 Å². The second-order valence-electron chi connectivity index (χ2n) is 7.29. The number of nitrogens with one attached hydrogen (secondary N) is 2. The van der Waals surface area contributed by atoms with E-state index in [1.807, 2.05) is 13.8 Å². The lowest BCUT2D eigenvalue weighted by Crippen LogP contribution is -2.44. The third-order valence-electron chi connectivity index (χ3n) is 3.61. The zero-order valence-corrected chi connectivity index (χ0v) is 14.3. The van der Waals surface area contributed by atoms with Gasteiger partial charge in [0, 0.05) is 11.7 Å². The molecule has 0 atom stereocenters. The van der Waals surface area contributed by atoms with Crippen molar-refractivity contribution >= 4 is 17.1 Å². The van der Waals surface area contributed by atoms with Gasteiger partial charge in [-0.1, -0.05) is 27.7 Å². The second-order valence-corrected chi connectivity index (χ2v) is 7.29. The first-order valence-electron chi connectivity index (χ1n) is 7.86. The Bertz CT molecular complexity index is 670. The van der Waals surface area contributed by atoms with Crippen LogP contribution in [0.15, 0.2) is 12.4 Å². The second kappa shape index (κ2) is 6.07. The number of carbonyl (C=O) groups is 1. The van der Waals surface area contributed by atoms with Crippen LogP contribution in [0, 0.1) is 5.92 Å². The predicted molar refractivity (Wildman–Crippen MR) is 89.0 cm³/mol. The van der Waals surface area contributed by atoms with Gasteiger partial charge in [-0.15, -0.1) is 0 Å². The Morgan fingerprint density at radius 1 is 1.32 bits per heavy atom. The van der Waals surface area contributed by atoms with Crippen LogP contribution in [0.3, 0.4) is 0 Å². The van der Waals surface area contributed by atoms with E-state index in [1.54, 1.807) is 12.4 Å². The lowest BCUT2D eigenvalue weighted by atomic mass is 9.92. The Morgan fingerprint density at radius 3 is 2.59 bits per heavy atom. The summed E-state index contributed by atoms with van der Waals surface area (Å²) in [7, 11) is 0. The Kier molecular flexibility index (Phi) is 4.54. The molecular weight excluding hydrogens is 276 g/mol. The fraction of sp³-hybridized carbons (Fsp3) is 0.588. The number of H-pyrrole nitrogens is 1. The summed E-state index contributed by atoms with van der Waals surface area (Å²) in [4.78, 5) is 24.6. The molecule has 2 aromatic heterocycles. The molecule has 0 spiro atoms. The van der Waals surface area contributed by atoms with Crippen molar-refractivity contribution in [3.8, 4) is 0 Å². The topological polar surface area (TPSA) is 70.7 Å². The average Bonchev–Trinajstić information content (AvgIpc) is 2.78. The van der Waals surface area contributed by atoms with Crippen molar-refractivity contribution in [3.63, 3.8) is 0 Å². The van der Waals surface area contributed by atoms with Gasteiger partial charge in [-0.25, -0.2) is 9.97 Å². The van der Waals surface area contributed by atoms with E-state index in [0.717, 1.165) is 12.1 Å². The van der Waals surface area contributed by atoms with Crippen molar-refractivity contribution in [1.82, 2.24) is 20.3 Å². The molecule has 1 amide bonds. The Morgan fingerprint density at radius 2 is 2.00 bits per heavy atom. The van der Waals surface area contributed by atoms with E-state index in [4.69, 9.17) is 0 Å². The first-order chi connectivity index (χ1) is 10.2. The fourth-order valence-corrected chi connectivity index (χ4v) is 2.80. The highest BCUT2D eigenvalue weighted by molar-refractivity contribution is 6.04. The van der Waals surface area contributed by atoms with E-state index in [9.17, 15) is 4.79 Å². The molecule has 2 aromatic rings. The summed E-state index contributed by atoms with van der Waals surface area (Å²) in [5, 5.41) is 3.10. The van der Waals surface area contributed by atoms with Crippen LogP contribution in [-0.4, -0.2) is 26.4 Å². The van der Waals surface area contributed by atoms with Gasteiger partial charge in [0.05, 0.1) is 17.5 Å². The molecule has 0 bridgehead atoms. The molecule has 0 saturated carbocycles. The third-order valence-corrected chi connectivity index (χ3v) is 3.61. The summed E-state index contributed by atoms with van der Waals surface area (Å²) in [6, 6.07) is 0. The molecule has 5 heteroatoms. The largest absolute Gasteiger partial charge is 0.347 e. The molecule has 2 N–H and O–H groups in total. The van der Waals surface area contributed by atoms with Gasteiger partial charge < -0.3 is 10.3 Å². The summed E-state index contributed by atoms with van der Waals surface area (Å²) in [5.74, 6) is 0.692. The van der Waals surface area contributed by atoms with Crippen molar-refractivity contribution in [2.45, 2.75) is 59.4 Å². The number of fused-ring (bicyclic) bond motifs is 1. The molecule has 0 radical (unpaired) electrons. The van der Waals surface area contributed by atoms with Gasteiger partial charge in [-0.2, -0.15) is 0 Å². The maximum Gasteiger partial charge on any atom is 0.255 e. The van der Waals surface area contributed by atoms with E-state index in [-0.39, 0.29) is 17.4 Å². The van der Waals surface area contributed by atoms with Gasteiger partial charge in [-0.3, -0.25) is 4.79 Å². The van der Waals surface area contributed by atoms with Crippen LogP contribution >= 0.6 is 0 Å². The highest BCUT2D eigenvalue weighted by Gasteiger charge is 2.24. The third kappa shape index (κ3) is 3.64. The average molecular weight is 302 g/mol.